The minimum Gasteiger partial charge on any atom is -0.444 e. The fourth-order valence-electron chi connectivity index (χ4n) is 3.22. The molecule has 0 unspecified atom stereocenters. The lowest BCUT2D eigenvalue weighted by atomic mass is 9.85. The smallest absolute Gasteiger partial charge is 0.410 e. The van der Waals surface area contributed by atoms with Crippen LogP contribution < -0.4 is 5.32 Å². The molecule has 0 spiro atoms. The van der Waals surface area contributed by atoms with E-state index in [4.69, 9.17) is 16.3 Å². The van der Waals surface area contributed by atoms with E-state index in [-0.39, 0.29) is 24.0 Å². The molecule has 2 aliphatic rings. The average molecular weight is 337 g/mol. The van der Waals surface area contributed by atoms with Gasteiger partial charge in [-0.1, -0.05) is 23.7 Å². The average Bonchev–Trinajstić information content (AvgIpc) is 2.84. The van der Waals surface area contributed by atoms with Crippen molar-refractivity contribution in [3.8, 4) is 0 Å². The molecule has 23 heavy (non-hydrogen) atoms. The molecule has 2 heterocycles. The molecule has 1 aromatic rings. The summed E-state index contributed by atoms with van der Waals surface area (Å²) in [5.74, 6) is -0.116. The van der Waals surface area contributed by atoms with Gasteiger partial charge in [0.15, 0.2) is 0 Å². The summed E-state index contributed by atoms with van der Waals surface area (Å²) in [6, 6.07) is 3.78. The second-order valence-corrected chi connectivity index (χ2v) is 7.61. The van der Waals surface area contributed by atoms with Crippen molar-refractivity contribution in [2.45, 2.75) is 45.3 Å². The molecule has 0 radical (unpaired) electrons. The third kappa shape index (κ3) is 2.90. The van der Waals surface area contributed by atoms with Crippen molar-refractivity contribution in [2.75, 3.05) is 13.1 Å². The number of rotatable bonds is 0. The second-order valence-electron chi connectivity index (χ2n) is 7.23. The highest BCUT2D eigenvalue weighted by Gasteiger charge is 2.43. The standard InChI is InChI=1S/C17H21ClN2O3/c1-9-5-6-10-11-7-20(16(22)23-17(2,3)4)8-12(11)19-15(21)13(10)14(9)18/h5-6,11-12H,7-8H2,1-4H3,(H,19,21)/t11-,12+/m0/s1. The first-order valence-corrected chi connectivity index (χ1v) is 8.13. The maximum Gasteiger partial charge on any atom is 0.410 e. The third-order valence-corrected chi connectivity index (χ3v) is 4.77. The fraction of sp³-hybridized carbons (Fsp3) is 0.529. The molecule has 1 saturated heterocycles. The van der Waals surface area contributed by atoms with Gasteiger partial charge >= 0.3 is 6.09 Å². The molecule has 2 atom stereocenters. The molecule has 0 bridgehead atoms. The SMILES string of the molecule is Cc1ccc2c(c1Cl)C(=O)N[C@@H]1CN(C(=O)OC(C)(C)C)C[C@@H]21. The molecule has 5 nitrogen and oxygen atoms in total. The number of aryl methyl sites for hydroxylation is 1. The Morgan fingerprint density at radius 2 is 2.04 bits per heavy atom. The Morgan fingerprint density at radius 1 is 1.35 bits per heavy atom. The monoisotopic (exact) mass is 336 g/mol. The van der Waals surface area contributed by atoms with Gasteiger partial charge in [-0.05, 0) is 38.8 Å². The lowest BCUT2D eigenvalue weighted by Gasteiger charge is -2.28. The first kappa shape index (κ1) is 16.1. The second kappa shape index (κ2) is 5.41. The summed E-state index contributed by atoms with van der Waals surface area (Å²) >= 11 is 6.32. The van der Waals surface area contributed by atoms with E-state index in [0.29, 0.717) is 23.7 Å². The molecular formula is C17H21ClN2O3. The molecule has 2 amide bonds. The van der Waals surface area contributed by atoms with Gasteiger partial charge < -0.3 is 15.0 Å². The highest BCUT2D eigenvalue weighted by molar-refractivity contribution is 6.35. The molecule has 124 valence electrons. The van der Waals surface area contributed by atoms with Crippen LogP contribution in [0.4, 0.5) is 4.79 Å². The van der Waals surface area contributed by atoms with Crippen molar-refractivity contribution in [3.05, 3.63) is 33.8 Å². The zero-order valence-electron chi connectivity index (χ0n) is 13.8. The Hall–Kier alpha value is -1.75. The van der Waals surface area contributed by atoms with E-state index in [0.717, 1.165) is 11.1 Å². The van der Waals surface area contributed by atoms with Gasteiger partial charge in [0.2, 0.25) is 0 Å². The number of hydrogen-bond donors (Lipinski definition) is 1. The summed E-state index contributed by atoms with van der Waals surface area (Å²) in [5.41, 5.74) is 1.80. The first-order valence-electron chi connectivity index (χ1n) is 7.75. The number of amides is 2. The largest absolute Gasteiger partial charge is 0.444 e. The van der Waals surface area contributed by atoms with Gasteiger partial charge in [0.25, 0.3) is 5.91 Å². The van der Waals surface area contributed by atoms with E-state index >= 15 is 0 Å². The van der Waals surface area contributed by atoms with Crippen LogP contribution in [0.25, 0.3) is 0 Å². The topological polar surface area (TPSA) is 58.6 Å². The zero-order chi connectivity index (χ0) is 16.9. The van der Waals surface area contributed by atoms with Crippen molar-refractivity contribution in [1.29, 1.82) is 0 Å². The number of carbonyl (C=O) groups is 2. The Balaban J connectivity index is 1.88. The molecule has 2 aliphatic heterocycles. The predicted molar refractivity (Wildman–Crippen MR) is 88.0 cm³/mol. The van der Waals surface area contributed by atoms with E-state index in [1.165, 1.54) is 0 Å². The van der Waals surface area contributed by atoms with Gasteiger partial charge in [0, 0.05) is 19.0 Å². The van der Waals surface area contributed by atoms with Crippen LogP contribution in [0.3, 0.4) is 0 Å². The molecule has 1 aromatic carbocycles. The third-order valence-electron chi connectivity index (χ3n) is 4.28. The molecule has 1 N–H and O–H groups in total. The van der Waals surface area contributed by atoms with Crippen LogP contribution in [-0.2, 0) is 4.74 Å². The number of carbonyl (C=O) groups excluding carboxylic acids is 2. The predicted octanol–water partition coefficient (Wildman–Crippen LogP) is 3.09. The lowest BCUT2D eigenvalue weighted by Crippen LogP contribution is -2.45. The number of likely N-dealkylation sites (tertiary alicyclic amines) is 1. The number of hydrogen-bond acceptors (Lipinski definition) is 3. The normalized spacial score (nSPS) is 23.2. The van der Waals surface area contributed by atoms with E-state index < -0.39 is 5.60 Å². The van der Waals surface area contributed by atoms with E-state index in [2.05, 4.69) is 5.32 Å². The van der Waals surface area contributed by atoms with Crippen LogP contribution in [0.2, 0.25) is 5.02 Å². The van der Waals surface area contributed by atoms with Crippen LogP contribution in [-0.4, -0.2) is 41.6 Å². The van der Waals surface area contributed by atoms with Crippen LogP contribution in [0.15, 0.2) is 12.1 Å². The highest BCUT2D eigenvalue weighted by Crippen LogP contribution is 2.38. The van der Waals surface area contributed by atoms with Crippen LogP contribution >= 0.6 is 11.6 Å². The lowest BCUT2D eigenvalue weighted by molar-refractivity contribution is 0.0288. The molecule has 0 aliphatic carbocycles. The number of fused-ring (bicyclic) bond motifs is 3. The van der Waals surface area contributed by atoms with Crippen molar-refractivity contribution < 1.29 is 14.3 Å². The fourth-order valence-corrected chi connectivity index (χ4v) is 3.47. The number of benzene rings is 1. The zero-order valence-corrected chi connectivity index (χ0v) is 14.5. The minimum absolute atomic E-state index is 0.0494. The number of nitrogens with one attached hydrogen (secondary N) is 1. The number of nitrogens with zero attached hydrogens (tertiary/aromatic N) is 1. The van der Waals surface area contributed by atoms with Gasteiger partial charge in [0.1, 0.15) is 5.60 Å². The summed E-state index contributed by atoms with van der Waals surface area (Å²) in [6.45, 7) is 8.38. The first-order chi connectivity index (χ1) is 10.7. The molecule has 3 rings (SSSR count). The van der Waals surface area contributed by atoms with Crippen LogP contribution in [0, 0.1) is 6.92 Å². The van der Waals surface area contributed by atoms with E-state index in [1.807, 2.05) is 39.8 Å². The van der Waals surface area contributed by atoms with Gasteiger partial charge in [-0.2, -0.15) is 0 Å². The Kier molecular flexibility index (Phi) is 3.79. The van der Waals surface area contributed by atoms with Crippen molar-refractivity contribution in [2.24, 2.45) is 0 Å². The van der Waals surface area contributed by atoms with Crippen molar-refractivity contribution >= 4 is 23.6 Å². The maximum atomic E-state index is 12.4. The Bertz CT molecular complexity index is 681. The number of ether oxygens (including phenoxy) is 1. The Morgan fingerprint density at radius 3 is 2.70 bits per heavy atom. The number of halogens is 1. The van der Waals surface area contributed by atoms with E-state index in [1.54, 1.807) is 4.90 Å². The summed E-state index contributed by atoms with van der Waals surface area (Å²) in [5, 5.41) is 3.47. The van der Waals surface area contributed by atoms with E-state index in [9.17, 15) is 9.59 Å². The molecule has 0 saturated carbocycles. The molecule has 0 aromatic heterocycles. The molecule has 6 heteroatoms. The van der Waals surface area contributed by atoms with Gasteiger partial charge in [-0.15, -0.1) is 0 Å². The maximum absolute atomic E-state index is 12.4. The molecule has 1 fully saturated rings. The Labute approximate surface area is 140 Å². The van der Waals surface area contributed by atoms with Gasteiger partial charge in [0.05, 0.1) is 16.6 Å². The van der Waals surface area contributed by atoms with Gasteiger partial charge in [-0.25, -0.2) is 4.79 Å². The minimum atomic E-state index is -0.535. The van der Waals surface area contributed by atoms with Crippen molar-refractivity contribution in [3.63, 3.8) is 0 Å². The van der Waals surface area contributed by atoms with Crippen LogP contribution in [0.5, 0.6) is 0 Å². The summed E-state index contributed by atoms with van der Waals surface area (Å²) in [7, 11) is 0. The summed E-state index contributed by atoms with van der Waals surface area (Å²) < 4.78 is 5.43. The molecular weight excluding hydrogens is 316 g/mol. The summed E-state index contributed by atoms with van der Waals surface area (Å²) in [4.78, 5) is 26.3. The highest BCUT2D eigenvalue weighted by atomic mass is 35.5. The summed E-state index contributed by atoms with van der Waals surface area (Å²) in [6.07, 6.45) is -0.346. The quantitative estimate of drug-likeness (QED) is 0.792. The van der Waals surface area contributed by atoms with Crippen molar-refractivity contribution in [1.82, 2.24) is 10.2 Å². The van der Waals surface area contributed by atoms with Gasteiger partial charge in [-0.3, -0.25) is 4.79 Å². The van der Waals surface area contributed by atoms with Crippen LogP contribution in [0.1, 0.15) is 48.2 Å².